The minimum absolute atomic E-state index is 0.0403. The first kappa shape index (κ1) is 14.3. The third-order valence-electron chi connectivity index (χ3n) is 4.55. The van der Waals surface area contributed by atoms with Gasteiger partial charge in [-0.05, 0) is 38.5 Å². The minimum atomic E-state index is -1.11. The van der Waals surface area contributed by atoms with Crippen LogP contribution >= 0.6 is 0 Å². The monoisotopic (exact) mass is 269 g/mol. The van der Waals surface area contributed by atoms with Gasteiger partial charge in [0, 0.05) is 0 Å². The van der Waals surface area contributed by atoms with Crippen LogP contribution in [0.5, 0.6) is 0 Å². The number of hydrogen-bond acceptors (Lipinski definition) is 3. The number of amides is 1. The fraction of sp³-hybridized carbons (Fsp3) is 0.857. The van der Waals surface area contributed by atoms with Crippen molar-refractivity contribution < 1.29 is 19.4 Å². The smallest absolute Gasteiger partial charge is 0.329 e. The van der Waals surface area contributed by atoms with Gasteiger partial charge in [-0.3, -0.25) is 4.79 Å². The summed E-state index contributed by atoms with van der Waals surface area (Å²) < 4.78 is 5.52. The summed E-state index contributed by atoms with van der Waals surface area (Å²) in [6.07, 6.45) is 4.36. The molecule has 5 nitrogen and oxygen atoms in total. The lowest BCUT2D eigenvalue weighted by molar-refractivity contribution is -0.154. The molecule has 108 valence electrons. The van der Waals surface area contributed by atoms with E-state index in [1.807, 2.05) is 13.8 Å². The number of aliphatic carboxylic acids is 1. The Kier molecular flexibility index (Phi) is 4.13. The average Bonchev–Trinajstić information content (AvgIpc) is 2.78. The van der Waals surface area contributed by atoms with Crippen LogP contribution in [0.1, 0.15) is 52.4 Å². The second kappa shape index (κ2) is 5.49. The first-order valence-electron chi connectivity index (χ1n) is 7.16. The van der Waals surface area contributed by atoms with Gasteiger partial charge in [0.1, 0.15) is 11.6 Å². The molecule has 1 saturated carbocycles. The van der Waals surface area contributed by atoms with Gasteiger partial charge in [0.05, 0.1) is 6.10 Å². The van der Waals surface area contributed by atoms with Crippen LogP contribution in [0.3, 0.4) is 0 Å². The van der Waals surface area contributed by atoms with Crippen LogP contribution in [0.2, 0.25) is 0 Å². The molecule has 0 bridgehead atoms. The van der Waals surface area contributed by atoms with Crippen molar-refractivity contribution in [2.45, 2.75) is 70.1 Å². The molecule has 4 atom stereocenters. The standard InChI is InChI=1S/C14H23NO4/c1-9-5-3-4-8-14(9,13(17)18)15-12(16)11-7-6-10(2)19-11/h9-11H,3-8H2,1-2H3,(H,15,16)(H,17,18). The molecule has 4 unspecified atom stereocenters. The Morgan fingerprint density at radius 2 is 1.95 bits per heavy atom. The van der Waals surface area contributed by atoms with E-state index in [-0.39, 0.29) is 17.9 Å². The van der Waals surface area contributed by atoms with Crippen LogP contribution in [0.15, 0.2) is 0 Å². The number of nitrogens with one attached hydrogen (secondary N) is 1. The van der Waals surface area contributed by atoms with E-state index in [0.717, 1.165) is 25.7 Å². The molecule has 1 saturated heterocycles. The van der Waals surface area contributed by atoms with Crippen molar-refractivity contribution in [2.75, 3.05) is 0 Å². The zero-order chi connectivity index (χ0) is 14.0. The predicted octanol–water partition coefficient (Wildman–Crippen LogP) is 1.70. The normalized spacial score (nSPS) is 38.9. The number of rotatable bonds is 3. The molecule has 2 rings (SSSR count). The molecule has 2 N–H and O–H groups in total. The lowest BCUT2D eigenvalue weighted by Crippen LogP contribution is -2.61. The fourth-order valence-electron chi connectivity index (χ4n) is 3.20. The van der Waals surface area contributed by atoms with Crippen LogP contribution in [0.25, 0.3) is 0 Å². The van der Waals surface area contributed by atoms with Crippen molar-refractivity contribution in [1.29, 1.82) is 0 Å². The van der Waals surface area contributed by atoms with Gasteiger partial charge in [0.2, 0.25) is 5.91 Å². The van der Waals surface area contributed by atoms with Crippen LogP contribution in [0, 0.1) is 5.92 Å². The summed E-state index contributed by atoms with van der Waals surface area (Å²) in [6.45, 7) is 3.84. The number of hydrogen-bond donors (Lipinski definition) is 2. The predicted molar refractivity (Wildman–Crippen MR) is 69.7 cm³/mol. The highest BCUT2D eigenvalue weighted by atomic mass is 16.5. The minimum Gasteiger partial charge on any atom is -0.479 e. The molecule has 0 aromatic heterocycles. The maximum absolute atomic E-state index is 12.2. The van der Waals surface area contributed by atoms with Gasteiger partial charge in [-0.25, -0.2) is 4.79 Å². The molecule has 19 heavy (non-hydrogen) atoms. The SMILES string of the molecule is CC1CCC(C(=O)NC2(C(=O)O)CCCCC2C)O1. The maximum Gasteiger partial charge on any atom is 0.329 e. The van der Waals surface area contributed by atoms with E-state index < -0.39 is 17.6 Å². The number of ether oxygens (including phenoxy) is 1. The Labute approximate surface area is 113 Å². The van der Waals surface area contributed by atoms with Crippen molar-refractivity contribution in [1.82, 2.24) is 5.32 Å². The van der Waals surface area contributed by atoms with E-state index in [0.29, 0.717) is 12.8 Å². The molecule has 2 aliphatic rings. The summed E-state index contributed by atoms with van der Waals surface area (Å²) in [5.74, 6) is -1.22. The van der Waals surface area contributed by atoms with Gasteiger partial charge in [0.15, 0.2) is 0 Å². The first-order chi connectivity index (χ1) is 8.95. The zero-order valence-corrected chi connectivity index (χ0v) is 11.6. The first-order valence-corrected chi connectivity index (χ1v) is 7.16. The van der Waals surface area contributed by atoms with Crippen molar-refractivity contribution in [2.24, 2.45) is 5.92 Å². The van der Waals surface area contributed by atoms with E-state index in [4.69, 9.17) is 4.74 Å². The van der Waals surface area contributed by atoms with E-state index in [1.165, 1.54) is 0 Å². The number of carbonyl (C=O) groups is 2. The largest absolute Gasteiger partial charge is 0.479 e. The molecule has 0 radical (unpaired) electrons. The third kappa shape index (κ3) is 2.76. The summed E-state index contributed by atoms with van der Waals surface area (Å²) >= 11 is 0. The molecule has 0 aromatic carbocycles. The second-order valence-corrected chi connectivity index (χ2v) is 5.93. The summed E-state index contributed by atoms with van der Waals surface area (Å²) in [5.41, 5.74) is -1.11. The highest BCUT2D eigenvalue weighted by Crippen LogP contribution is 2.34. The quantitative estimate of drug-likeness (QED) is 0.817. The molecule has 0 aromatic rings. The summed E-state index contributed by atoms with van der Waals surface area (Å²) in [4.78, 5) is 23.9. The lowest BCUT2D eigenvalue weighted by Gasteiger charge is -2.40. The third-order valence-corrected chi connectivity index (χ3v) is 4.55. The molecule has 5 heteroatoms. The van der Waals surface area contributed by atoms with Crippen LogP contribution < -0.4 is 5.32 Å². The van der Waals surface area contributed by atoms with Crippen LogP contribution in [-0.2, 0) is 14.3 Å². The highest BCUT2D eigenvalue weighted by molar-refractivity contribution is 5.89. The number of carbonyl (C=O) groups excluding carboxylic acids is 1. The summed E-state index contributed by atoms with van der Waals surface area (Å²) in [6, 6.07) is 0. The van der Waals surface area contributed by atoms with E-state index in [1.54, 1.807) is 0 Å². The van der Waals surface area contributed by atoms with Crippen LogP contribution in [-0.4, -0.2) is 34.7 Å². The lowest BCUT2D eigenvalue weighted by atomic mass is 9.73. The van der Waals surface area contributed by atoms with Gasteiger partial charge >= 0.3 is 5.97 Å². The maximum atomic E-state index is 12.2. The zero-order valence-electron chi connectivity index (χ0n) is 11.6. The number of carboxylic acids is 1. The van der Waals surface area contributed by atoms with Gasteiger partial charge in [-0.15, -0.1) is 0 Å². The van der Waals surface area contributed by atoms with Crippen molar-refractivity contribution >= 4 is 11.9 Å². The topological polar surface area (TPSA) is 75.6 Å². The van der Waals surface area contributed by atoms with Gasteiger partial charge in [0.25, 0.3) is 0 Å². The molecule has 1 aliphatic heterocycles. The van der Waals surface area contributed by atoms with Crippen molar-refractivity contribution in [3.63, 3.8) is 0 Å². The Balaban J connectivity index is 2.08. The highest BCUT2D eigenvalue weighted by Gasteiger charge is 2.47. The second-order valence-electron chi connectivity index (χ2n) is 5.93. The number of carboxylic acid groups (broad SMARTS) is 1. The van der Waals surface area contributed by atoms with Gasteiger partial charge in [-0.1, -0.05) is 19.8 Å². The average molecular weight is 269 g/mol. The van der Waals surface area contributed by atoms with E-state index in [9.17, 15) is 14.7 Å². The molecule has 1 aliphatic carbocycles. The molecular weight excluding hydrogens is 246 g/mol. The molecule has 2 fully saturated rings. The molecular formula is C14H23NO4. The fourth-order valence-corrected chi connectivity index (χ4v) is 3.20. The van der Waals surface area contributed by atoms with Gasteiger partial charge < -0.3 is 15.2 Å². The van der Waals surface area contributed by atoms with Crippen molar-refractivity contribution in [3.05, 3.63) is 0 Å². The van der Waals surface area contributed by atoms with Crippen molar-refractivity contribution in [3.8, 4) is 0 Å². The summed E-state index contributed by atoms with van der Waals surface area (Å²) in [7, 11) is 0. The van der Waals surface area contributed by atoms with E-state index >= 15 is 0 Å². The van der Waals surface area contributed by atoms with Crippen LogP contribution in [0.4, 0.5) is 0 Å². The molecule has 1 amide bonds. The van der Waals surface area contributed by atoms with Gasteiger partial charge in [-0.2, -0.15) is 0 Å². The molecule has 0 spiro atoms. The Hall–Kier alpha value is -1.10. The molecule has 1 heterocycles. The Morgan fingerprint density at radius 1 is 1.21 bits per heavy atom. The Bertz CT molecular complexity index is 370. The Morgan fingerprint density at radius 3 is 2.47 bits per heavy atom. The van der Waals surface area contributed by atoms with E-state index in [2.05, 4.69) is 5.32 Å². The summed E-state index contributed by atoms with van der Waals surface area (Å²) in [5, 5.41) is 12.3.